The van der Waals surface area contributed by atoms with Gasteiger partial charge in [0, 0.05) is 0 Å². The molecule has 0 saturated heterocycles. The largest absolute Gasteiger partial charge is 0.481 e. The second-order valence-electron chi connectivity index (χ2n) is 5.59. The van der Waals surface area contributed by atoms with Crippen LogP contribution in [0.2, 0.25) is 0 Å². The van der Waals surface area contributed by atoms with Crippen LogP contribution < -0.4 is 5.32 Å². The molecule has 1 fully saturated rings. The second-order valence-corrected chi connectivity index (χ2v) is 6.62. The van der Waals surface area contributed by atoms with E-state index in [4.69, 9.17) is 5.11 Å². The number of nitrogens with zero attached hydrogens (tertiary/aromatic N) is 1. The summed E-state index contributed by atoms with van der Waals surface area (Å²) in [5.74, 6) is -2.29. The highest BCUT2D eigenvalue weighted by atomic mass is 32.1. The van der Waals surface area contributed by atoms with Crippen molar-refractivity contribution in [3.63, 3.8) is 0 Å². The second kappa shape index (κ2) is 4.28. The van der Waals surface area contributed by atoms with E-state index in [1.54, 1.807) is 13.8 Å². The molecular weight excluding hydrogens is 276 g/mol. The minimum atomic E-state index is -0.917. The number of hydrogen-bond acceptors (Lipinski definition) is 4. The summed E-state index contributed by atoms with van der Waals surface area (Å²) in [4.78, 5) is 27.6. The zero-order chi connectivity index (χ0) is 14.5. The maximum atomic E-state index is 12.2. The zero-order valence-corrected chi connectivity index (χ0v) is 11.9. The third-order valence-electron chi connectivity index (χ3n) is 3.90. The Labute approximate surface area is 119 Å². The number of aliphatic carboxylic acids is 1. The van der Waals surface area contributed by atoms with Gasteiger partial charge in [-0.1, -0.05) is 37.3 Å². The number of carbonyl (C=O) groups excluding carboxylic acids is 1. The van der Waals surface area contributed by atoms with Gasteiger partial charge in [-0.2, -0.15) is 0 Å². The third-order valence-corrected chi connectivity index (χ3v) is 4.85. The Hall–Kier alpha value is -1.95. The SMILES string of the molecule is CC1(C)[C@H](C(=O)Nc2nc3ccccc3s2)[C@@H]1C(=O)O. The number of para-hydroxylation sites is 1. The average Bonchev–Trinajstić information content (AvgIpc) is 2.76. The van der Waals surface area contributed by atoms with Gasteiger partial charge in [0.05, 0.1) is 22.1 Å². The topological polar surface area (TPSA) is 79.3 Å². The summed E-state index contributed by atoms with van der Waals surface area (Å²) in [7, 11) is 0. The first-order valence-corrected chi connectivity index (χ1v) is 7.12. The van der Waals surface area contributed by atoms with Crippen molar-refractivity contribution in [3.8, 4) is 0 Å². The molecular formula is C14H14N2O3S. The van der Waals surface area contributed by atoms with Gasteiger partial charge in [0.15, 0.2) is 5.13 Å². The molecule has 104 valence electrons. The summed E-state index contributed by atoms with van der Waals surface area (Å²) < 4.78 is 0.993. The minimum Gasteiger partial charge on any atom is -0.481 e. The zero-order valence-electron chi connectivity index (χ0n) is 11.1. The van der Waals surface area contributed by atoms with E-state index in [0.717, 1.165) is 10.2 Å². The lowest BCUT2D eigenvalue weighted by Gasteiger charge is -2.02. The highest BCUT2D eigenvalue weighted by molar-refractivity contribution is 7.22. The van der Waals surface area contributed by atoms with Crippen LogP contribution in [0.3, 0.4) is 0 Å². The molecule has 1 aliphatic carbocycles. The van der Waals surface area contributed by atoms with Crippen LogP contribution in [-0.2, 0) is 9.59 Å². The lowest BCUT2D eigenvalue weighted by Crippen LogP contribution is -2.17. The number of aromatic nitrogens is 1. The van der Waals surface area contributed by atoms with Crippen LogP contribution >= 0.6 is 11.3 Å². The number of carbonyl (C=O) groups is 2. The van der Waals surface area contributed by atoms with Gasteiger partial charge >= 0.3 is 5.97 Å². The number of thiazole rings is 1. The van der Waals surface area contributed by atoms with E-state index in [-0.39, 0.29) is 5.91 Å². The van der Waals surface area contributed by atoms with E-state index < -0.39 is 23.2 Å². The van der Waals surface area contributed by atoms with Gasteiger partial charge in [-0.05, 0) is 17.5 Å². The molecule has 20 heavy (non-hydrogen) atoms. The van der Waals surface area contributed by atoms with Crippen LogP contribution in [0.25, 0.3) is 10.2 Å². The molecule has 2 N–H and O–H groups in total. The molecule has 1 amide bonds. The number of carboxylic acid groups (broad SMARTS) is 1. The van der Waals surface area contributed by atoms with Crippen LogP contribution in [0, 0.1) is 17.3 Å². The van der Waals surface area contributed by atoms with Crippen molar-refractivity contribution in [1.82, 2.24) is 4.98 Å². The Bertz CT molecular complexity index is 674. The molecule has 1 saturated carbocycles. The smallest absolute Gasteiger partial charge is 0.307 e. The maximum Gasteiger partial charge on any atom is 0.307 e. The number of anilines is 1. The first-order valence-electron chi connectivity index (χ1n) is 6.30. The lowest BCUT2D eigenvalue weighted by atomic mass is 10.1. The predicted molar refractivity (Wildman–Crippen MR) is 76.6 cm³/mol. The van der Waals surface area contributed by atoms with E-state index in [0.29, 0.717) is 5.13 Å². The highest BCUT2D eigenvalue weighted by Crippen LogP contribution is 2.58. The highest BCUT2D eigenvalue weighted by Gasteiger charge is 2.65. The Morgan fingerprint density at radius 2 is 2.00 bits per heavy atom. The molecule has 1 heterocycles. The van der Waals surface area contributed by atoms with Crippen LogP contribution in [0.15, 0.2) is 24.3 Å². The van der Waals surface area contributed by atoms with Crippen molar-refractivity contribution in [3.05, 3.63) is 24.3 Å². The van der Waals surface area contributed by atoms with Gasteiger partial charge in [-0.25, -0.2) is 4.98 Å². The van der Waals surface area contributed by atoms with Crippen molar-refractivity contribution >= 4 is 38.6 Å². The summed E-state index contributed by atoms with van der Waals surface area (Å²) in [6.07, 6.45) is 0. The Kier molecular flexibility index (Phi) is 2.79. The van der Waals surface area contributed by atoms with Gasteiger partial charge in [-0.3, -0.25) is 9.59 Å². The molecule has 3 rings (SSSR count). The Morgan fingerprint density at radius 1 is 1.30 bits per heavy atom. The number of benzene rings is 1. The predicted octanol–water partition coefficient (Wildman–Crippen LogP) is 2.59. The first kappa shape index (κ1) is 13.1. The number of amides is 1. The van der Waals surface area contributed by atoms with E-state index in [1.807, 2.05) is 24.3 Å². The fraction of sp³-hybridized carbons (Fsp3) is 0.357. The van der Waals surface area contributed by atoms with Crippen LogP contribution in [-0.4, -0.2) is 22.0 Å². The summed E-state index contributed by atoms with van der Waals surface area (Å²) in [5, 5.41) is 12.4. The quantitative estimate of drug-likeness (QED) is 0.910. The van der Waals surface area contributed by atoms with Gasteiger partial charge in [0.1, 0.15) is 0 Å². The van der Waals surface area contributed by atoms with E-state index in [2.05, 4.69) is 10.3 Å². The molecule has 0 bridgehead atoms. The number of fused-ring (bicyclic) bond motifs is 1. The minimum absolute atomic E-state index is 0.263. The molecule has 0 unspecified atom stereocenters. The van der Waals surface area contributed by atoms with E-state index >= 15 is 0 Å². The molecule has 0 aliphatic heterocycles. The van der Waals surface area contributed by atoms with Crippen molar-refractivity contribution in [2.24, 2.45) is 17.3 Å². The van der Waals surface area contributed by atoms with Crippen molar-refractivity contribution in [2.45, 2.75) is 13.8 Å². The third kappa shape index (κ3) is 1.96. The average molecular weight is 290 g/mol. The molecule has 5 nitrogen and oxygen atoms in total. The summed E-state index contributed by atoms with van der Waals surface area (Å²) in [5.41, 5.74) is 0.338. The van der Waals surface area contributed by atoms with Crippen LogP contribution in [0.4, 0.5) is 5.13 Å². The number of rotatable bonds is 3. The van der Waals surface area contributed by atoms with Crippen molar-refractivity contribution in [1.29, 1.82) is 0 Å². The monoisotopic (exact) mass is 290 g/mol. The van der Waals surface area contributed by atoms with E-state index in [9.17, 15) is 9.59 Å². The Morgan fingerprint density at radius 3 is 2.60 bits per heavy atom. The van der Waals surface area contributed by atoms with Gasteiger partial charge in [0.25, 0.3) is 0 Å². The molecule has 1 aromatic heterocycles. The summed E-state index contributed by atoms with van der Waals surface area (Å²) >= 11 is 1.39. The summed E-state index contributed by atoms with van der Waals surface area (Å²) in [6.45, 7) is 3.60. The van der Waals surface area contributed by atoms with Gasteiger partial charge in [-0.15, -0.1) is 0 Å². The van der Waals surface area contributed by atoms with Crippen LogP contribution in [0.1, 0.15) is 13.8 Å². The molecule has 6 heteroatoms. The molecule has 2 aromatic rings. The standard InChI is InChI=1S/C14H14N2O3S/c1-14(2)9(10(14)12(18)19)11(17)16-13-15-7-5-3-4-6-8(7)20-13/h3-6,9-10H,1-2H3,(H,18,19)(H,15,16,17)/t9-,10+/m0/s1. The summed E-state index contributed by atoms with van der Waals surface area (Å²) in [6, 6.07) is 7.61. The fourth-order valence-electron chi connectivity index (χ4n) is 2.70. The molecule has 2 atom stereocenters. The van der Waals surface area contributed by atoms with Crippen LogP contribution in [0.5, 0.6) is 0 Å². The van der Waals surface area contributed by atoms with Gasteiger partial charge < -0.3 is 10.4 Å². The molecule has 1 aliphatic rings. The molecule has 1 aromatic carbocycles. The van der Waals surface area contributed by atoms with Crippen molar-refractivity contribution < 1.29 is 14.7 Å². The fourth-order valence-corrected chi connectivity index (χ4v) is 3.57. The number of carboxylic acids is 1. The van der Waals surface area contributed by atoms with Gasteiger partial charge in [0.2, 0.25) is 5.91 Å². The van der Waals surface area contributed by atoms with Crippen molar-refractivity contribution in [2.75, 3.05) is 5.32 Å². The molecule has 0 spiro atoms. The Balaban J connectivity index is 1.78. The normalized spacial score (nSPS) is 23.5. The lowest BCUT2D eigenvalue weighted by molar-refractivity contribution is -0.140. The molecule has 0 radical (unpaired) electrons. The number of hydrogen-bond donors (Lipinski definition) is 2. The number of nitrogens with one attached hydrogen (secondary N) is 1. The first-order chi connectivity index (χ1) is 9.41. The van der Waals surface area contributed by atoms with E-state index in [1.165, 1.54) is 11.3 Å². The maximum absolute atomic E-state index is 12.2.